The van der Waals surface area contributed by atoms with Crippen LogP contribution in [-0.2, 0) is 0 Å². The molecular formula is C11H14FN5S. The van der Waals surface area contributed by atoms with Crippen molar-refractivity contribution in [2.24, 2.45) is 5.84 Å². The number of aromatic nitrogens is 3. The van der Waals surface area contributed by atoms with Crippen LogP contribution in [0.3, 0.4) is 0 Å². The van der Waals surface area contributed by atoms with Crippen molar-refractivity contribution in [3.05, 3.63) is 40.4 Å². The lowest BCUT2D eigenvalue weighted by atomic mass is 10.0. The van der Waals surface area contributed by atoms with E-state index in [1.54, 1.807) is 6.07 Å². The van der Waals surface area contributed by atoms with Crippen molar-refractivity contribution in [2.75, 3.05) is 0 Å². The van der Waals surface area contributed by atoms with E-state index in [1.165, 1.54) is 23.9 Å². The Morgan fingerprint density at radius 2 is 2.22 bits per heavy atom. The first-order valence-electron chi connectivity index (χ1n) is 5.52. The van der Waals surface area contributed by atoms with Crippen LogP contribution in [-0.4, -0.2) is 14.6 Å². The van der Waals surface area contributed by atoms with Gasteiger partial charge in [0.05, 0.1) is 22.8 Å². The van der Waals surface area contributed by atoms with Crippen molar-refractivity contribution in [3.63, 3.8) is 0 Å². The molecule has 0 bridgehead atoms. The SMILES string of the molecule is CC(C)c1nnsc1C(NN)c1ccncc1F. The molecule has 5 nitrogen and oxygen atoms in total. The first kappa shape index (κ1) is 13.0. The van der Waals surface area contributed by atoms with Gasteiger partial charge in [-0.25, -0.2) is 9.82 Å². The number of hydrazine groups is 1. The van der Waals surface area contributed by atoms with Crippen molar-refractivity contribution >= 4 is 11.5 Å². The topological polar surface area (TPSA) is 76.7 Å². The van der Waals surface area contributed by atoms with E-state index in [9.17, 15) is 4.39 Å². The number of hydrogen-bond donors (Lipinski definition) is 2. The van der Waals surface area contributed by atoms with E-state index in [-0.39, 0.29) is 5.92 Å². The Morgan fingerprint density at radius 3 is 2.83 bits per heavy atom. The van der Waals surface area contributed by atoms with Gasteiger partial charge in [0.2, 0.25) is 0 Å². The molecule has 2 aromatic rings. The van der Waals surface area contributed by atoms with Crippen LogP contribution in [0.2, 0.25) is 0 Å². The summed E-state index contributed by atoms with van der Waals surface area (Å²) < 4.78 is 17.7. The lowest BCUT2D eigenvalue weighted by molar-refractivity contribution is 0.555. The highest BCUT2D eigenvalue weighted by atomic mass is 32.1. The van der Waals surface area contributed by atoms with Crippen molar-refractivity contribution in [3.8, 4) is 0 Å². The van der Waals surface area contributed by atoms with Crippen LogP contribution >= 0.6 is 11.5 Å². The summed E-state index contributed by atoms with van der Waals surface area (Å²) >= 11 is 1.22. The standard InChI is InChI=1S/C11H14FN5S/c1-6(2)9-11(18-17-16-9)10(15-13)7-3-4-14-5-8(7)12/h3-6,10,15H,13H2,1-2H3. The zero-order valence-corrected chi connectivity index (χ0v) is 10.9. The molecule has 0 fully saturated rings. The van der Waals surface area contributed by atoms with Crippen molar-refractivity contribution in [1.29, 1.82) is 0 Å². The van der Waals surface area contributed by atoms with Crippen LogP contribution in [0, 0.1) is 5.82 Å². The van der Waals surface area contributed by atoms with E-state index >= 15 is 0 Å². The predicted molar refractivity (Wildman–Crippen MR) is 67.4 cm³/mol. The molecule has 0 aliphatic rings. The van der Waals surface area contributed by atoms with Crippen LogP contribution < -0.4 is 11.3 Å². The number of nitrogens with two attached hydrogens (primary N) is 1. The van der Waals surface area contributed by atoms with Gasteiger partial charge in [0, 0.05) is 11.8 Å². The average molecular weight is 267 g/mol. The summed E-state index contributed by atoms with van der Waals surface area (Å²) in [6.45, 7) is 4.02. The van der Waals surface area contributed by atoms with Gasteiger partial charge in [-0.2, -0.15) is 0 Å². The van der Waals surface area contributed by atoms with Crippen LogP contribution in [0.15, 0.2) is 18.5 Å². The zero-order valence-electron chi connectivity index (χ0n) is 10.1. The van der Waals surface area contributed by atoms with Gasteiger partial charge in [0.25, 0.3) is 0 Å². The third kappa shape index (κ3) is 2.38. The number of nitrogens with one attached hydrogen (secondary N) is 1. The fourth-order valence-corrected chi connectivity index (χ4v) is 2.62. The largest absolute Gasteiger partial charge is 0.271 e. The highest BCUT2D eigenvalue weighted by Gasteiger charge is 2.24. The Balaban J connectivity index is 2.46. The fraction of sp³-hybridized carbons (Fsp3) is 0.364. The average Bonchev–Trinajstić information content (AvgIpc) is 2.82. The van der Waals surface area contributed by atoms with Crippen LogP contribution in [0.4, 0.5) is 4.39 Å². The molecule has 3 N–H and O–H groups in total. The summed E-state index contributed by atoms with van der Waals surface area (Å²) in [6, 6.07) is 1.15. The zero-order chi connectivity index (χ0) is 13.1. The first-order chi connectivity index (χ1) is 8.65. The van der Waals surface area contributed by atoms with E-state index in [4.69, 9.17) is 5.84 Å². The molecule has 0 spiro atoms. The number of nitrogens with zero attached hydrogens (tertiary/aromatic N) is 3. The molecule has 2 aromatic heterocycles. The third-order valence-electron chi connectivity index (χ3n) is 2.63. The van der Waals surface area contributed by atoms with Crippen LogP contribution in [0.1, 0.15) is 41.9 Å². The lowest BCUT2D eigenvalue weighted by Crippen LogP contribution is -2.29. The van der Waals surface area contributed by atoms with Gasteiger partial charge in [-0.05, 0) is 23.5 Å². The summed E-state index contributed by atoms with van der Waals surface area (Å²) in [7, 11) is 0. The summed E-state index contributed by atoms with van der Waals surface area (Å²) in [5, 5.41) is 4.07. The first-order valence-corrected chi connectivity index (χ1v) is 6.30. The Kier molecular flexibility index (Phi) is 3.95. The molecule has 0 aliphatic heterocycles. The minimum atomic E-state index is -0.453. The Labute approximate surface area is 108 Å². The molecule has 18 heavy (non-hydrogen) atoms. The van der Waals surface area contributed by atoms with Crippen molar-refractivity contribution in [1.82, 2.24) is 20.0 Å². The van der Waals surface area contributed by atoms with Crippen LogP contribution in [0.25, 0.3) is 0 Å². The molecule has 0 aliphatic carbocycles. The van der Waals surface area contributed by atoms with Crippen molar-refractivity contribution < 1.29 is 4.39 Å². The quantitative estimate of drug-likeness (QED) is 0.652. The number of pyridine rings is 1. The Morgan fingerprint density at radius 1 is 1.44 bits per heavy atom. The number of hydrogen-bond acceptors (Lipinski definition) is 6. The second-order valence-corrected chi connectivity index (χ2v) is 4.96. The van der Waals surface area contributed by atoms with E-state index in [0.29, 0.717) is 5.56 Å². The molecule has 1 atom stereocenters. The third-order valence-corrected chi connectivity index (χ3v) is 3.44. The van der Waals surface area contributed by atoms with E-state index in [1.807, 2.05) is 13.8 Å². The maximum absolute atomic E-state index is 13.8. The van der Waals surface area contributed by atoms with Gasteiger partial charge in [0.1, 0.15) is 5.82 Å². The lowest BCUT2D eigenvalue weighted by Gasteiger charge is -2.16. The van der Waals surface area contributed by atoms with Gasteiger partial charge >= 0.3 is 0 Å². The summed E-state index contributed by atoms with van der Waals surface area (Å²) in [4.78, 5) is 4.56. The Bertz CT molecular complexity index is 528. The van der Waals surface area contributed by atoms with Crippen molar-refractivity contribution in [2.45, 2.75) is 25.8 Å². The summed E-state index contributed by atoms with van der Waals surface area (Å²) in [6.07, 6.45) is 2.70. The summed E-state index contributed by atoms with van der Waals surface area (Å²) in [5.41, 5.74) is 3.90. The molecule has 0 amide bonds. The maximum atomic E-state index is 13.8. The highest BCUT2D eigenvalue weighted by Crippen LogP contribution is 2.31. The second kappa shape index (κ2) is 5.47. The Hall–Kier alpha value is -1.44. The molecule has 0 saturated heterocycles. The molecule has 0 radical (unpaired) electrons. The number of halogens is 1. The normalized spacial score (nSPS) is 12.9. The van der Waals surface area contributed by atoms with Gasteiger partial charge in [-0.3, -0.25) is 10.8 Å². The second-order valence-electron chi connectivity index (χ2n) is 4.17. The molecule has 7 heteroatoms. The molecule has 0 saturated carbocycles. The molecule has 2 rings (SSSR count). The minimum absolute atomic E-state index is 0.208. The smallest absolute Gasteiger partial charge is 0.146 e. The monoisotopic (exact) mass is 267 g/mol. The van der Waals surface area contributed by atoms with E-state index in [2.05, 4.69) is 20.0 Å². The fourth-order valence-electron chi connectivity index (χ4n) is 1.73. The van der Waals surface area contributed by atoms with Gasteiger partial charge < -0.3 is 0 Å². The van der Waals surface area contributed by atoms with E-state index < -0.39 is 11.9 Å². The van der Waals surface area contributed by atoms with Crippen LogP contribution in [0.5, 0.6) is 0 Å². The van der Waals surface area contributed by atoms with Gasteiger partial charge in [-0.1, -0.05) is 18.3 Å². The maximum Gasteiger partial charge on any atom is 0.146 e. The molecule has 96 valence electrons. The minimum Gasteiger partial charge on any atom is -0.271 e. The van der Waals surface area contributed by atoms with Gasteiger partial charge in [0.15, 0.2) is 0 Å². The molecule has 2 heterocycles. The number of rotatable bonds is 4. The van der Waals surface area contributed by atoms with E-state index in [0.717, 1.165) is 10.6 Å². The summed E-state index contributed by atoms with van der Waals surface area (Å²) in [5.74, 6) is 5.36. The molecular weight excluding hydrogens is 253 g/mol. The van der Waals surface area contributed by atoms with Gasteiger partial charge in [-0.15, -0.1) is 5.10 Å². The molecule has 1 unspecified atom stereocenters. The highest BCUT2D eigenvalue weighted by molar-refractivity contribution is 7.05. The predicted octanol–water partition coefficient (Wildman–Crippen LogP) is 1.75. The molecule has 0 aromatic carbocycles.